The van der Waals surface area contributed by atoms with E-state index in [1.807, 2.05) is 19.1 Å². The SMILES string of the molecule is C=CC(=O)OCCCCOC.Cc1cccc(-c2coc(C)n2)c1. The van der Waals surface area contributed by atoms with Gasteiger partial charge in [0.1, 0.15) is 12.0 Å². The average Bonchev–Trinajstić information content (AvgIpc) is 3.01. The van der Waals surface area contributed by atoms with Crippen LogP contribution in [0.1, 0.15) is 24.3 Å². The van der Waals surface area contributed by atoms with Crippen LogP contribution in [-0.2, 0) is 14.3 Å². The molecule has 0 fully saturated rings. The van der Waals surface area contributed by atoms with Crippen LogP contribution in [0.2, 0.25) is 0 Å². The first-order valence-corrected chi connectivity index (χ1v) is 7.84. The highest BCUT2D eigenvalue weighted by Gasteiger charge is 2.02. The van der Waals surface area contributed by atoms with E-state index in [-0.39, 0.29) is 5.97 Å². The molecule has 0 radical (unpaired) electrons. The van der Waals surface area contributed by atoms with Crippen molar-refractivity contribution >= 4 is 5.97 Å². The molecule has 0 saturated carbocycles. The lowest BCUT2D eigenvalue weighted by molar-refractivity contribution is -0.137. The molecule has 2 aromatic rings. The predicted molar refractivity (Wildman–Crippen MR) is 93.7 cm³/mol. The number of nitrogens with zero attached hydrogens (tertiary/aromatic N) is 1. The Morgan fingerprint density at radius 2 is 2.04 bits per heavy atom. The molecule has 0 aliphatic carbocycles. The van der Waals surface area contributed by atoms with Gasteiger partial charge < -0.3 is 13.9 Å². The van der Waals surface area contributed by atoms with E-state index in [0.717, 1.165) is 30.2 Å². The van der Waals surface area contributed by atoms with Crippen molar-refractivity contribution in [2.75, 3.05) is 20.3 Å². The first-order chi connectivity index (χ1) is 11.6. The van der Waals surface area contributed by atoms with Crippen molar-refractivity contribution in [2.45, 2.75) is 26.7 Å². The molecule has 1 aromatic heterocycles. The van der Waals surface area contributed by atoms with Gasteiger partial charge in [-0.25, -0.2) is 9.78 Å². The van der Waals surface area contributed by atoms with Crippen LogP contribution >= 0.6 is 0 Å². The van der Waals surface area contributed by atoms with E-state index < -0.39 is 0 Å². The minimum Gasteiger partial charge on any atom is -0.463 e. The van der Waals surface area contributed by atoms with Crippen LogP contribution in [0.25, 0.3) is 11.3 Å². The Balaban J connectivity index is 0.000000245. The molecule has 2 rings (SSSR count). The summed E-state index contributed by atoms with van der Waals surface area (Å²) in [6, 6.07) is 8.21. The third-order valence-corrected chi connectivity index (χ3v) is 3.09. The standard InChI is InChI=1S/C11H11NO.C8H14O3/c1-8-4-3-5-10(6-8)11-7-13-9(2)12-11;1-3-8(9)11-7-5-4-6-10-2/h3-7H,1-2H3;3H,1,4-7H2,2H3. The van der Waals surface area contributed by atoms with Crippen molar-refractivity contribution < 1.29 is 18.7 Å². The number of benzene rings is 1. The fraction of sp³-hybridized carbons (Fsp3) is 0.368. The van der Waals surface area contributed by atoms with E-state index in [4.69, 9.17) is 13.9 Å². The zero-order valence-corrected chi connectivity index (χ0v) is 14.6. The lowest BCUT2D eigenvalue weighted by Crippen LogP contribution is -2.02. The molecular weight excluding hydrogens is 306 g/mol. The number of methoxy groups -OCH3 is 1. The van der Waals surface area contributed by atoms with Crippen molar-refractivity contribution in [1.29, 1.82) is 0 Å². The molecule has 0 amide bonds. The third kappa shape index (κ3) is 7.74. The Hall–Kier alpha value is -2.40. The molecule has 0 N–H and O–H groups in total. The predicted octanol–water partition coefficient (Wildman–Crippen LogP) is 4.10. The van der Waals surface area contributed by atoms with Gasteiger partial charge in [-0.2, -0.15) is 0 Å². The minimum absolute atomic E-state index is 0.359. The van der Waals surface area contributed by atoms with E-state index in [0.29, 0.717) is 19.1 Å². The zero-order chi connectivity index (χ0) is 17.8. The van der Waals surface area contributed by atoms with Crippen molar-refractivity contribution in [3.63, 3.8) is 0 Å². The van der Waals surface area contributed by atoms with Gasteiger partial charge >= 0.3 is 5.97 Å². The summed E-state index contributed by atoms with van der Waals surface area (Å²) >= 11 is 0. The average molecular weight is 331 g/mol. The lowest BCUT2D eigenvalue weighted by atomic mass is 10.1. The summed E-state index contributed by atoms with van der Waals surface area (Å²) in [6.45, 7) is 8.36. The van der Waals surface area contributed by atoms with Gasteiger partial charge in [0, 0.05) is 32.3 Å². The number of rotatable bonds is 7. The van der Waals surface area contributed by atoms with Crippen molar-refractivity contribution in [3.05, 3.63) is 54.6 Å². The van der Waals surface area contributed by atoms with E-state index in [9.17, 15) is 4.79 Å². The maximum Gasteiger partial charge on any atom is 0.330 e. The number of carbonyl (C=O) groups excluding carboxylic acids is 1. The second-order valence-electron chi connectivity index (χ2n) is 5.19. The van der Waals surface area contributed by atoms with Gasteiger partial charge in [-0.15, -0.1) is 0 Å². The molecule has 1 heterocycles. The molecule has 0 unspecified atom stereocenters. The van der Waals surface area contributed by atoms with Crippen LogP contribution < -0.4 is 0 Å². The number of hydrogen-bond donors (Lipinski definition) is 0. The number of aromatic nitrogens is 1. The largest absolute Gasteiger partial charge is 0.463 e. The van der Waals surface area contributed by atoms with E-state index >= 15 is 0 Å². The summed E-state index contributed by atoms with van der Waals surface area (Å²) in [5.74, 6) is 0.346. The third-order valence-electron chi connectivity index (χ3n) is 3.09. The van der Waals surface area contributed by atoms with E-state index in [1.165, 1.54) is 5.56 Å². The quantitative estimate of drug-likeness (QED) is 0.434. The smallest absolute Gasteiger partial charge is 0.330 e. The Labute approximate surface area is 143 Å². The Morgan fingerprint density at radius 3 is 2.62 bits per heavy atom. The Kier molecular flexibility index (Phi) is 9.16. The lowest BCUT2D eigenvalue weighted by Gasteiger charge is -2.00. The molecule has 5 nitrogen and oxygen atoms in total. The molecule has 24 heavy (non-hydrogen) atoms. The molecule has 0 bridgehead atoms. The van der Waals surface area contributed by atoms with Crippen molar-refractivity contribution in [2.24, 2.45) is 0 Å². The van der Waals surface area contributed by atoms with Crippen LogP contribution in [0.3, 0.4) is 0 Å². The van der Waals surface area contributed by atoms with E-state index in [1.54, 1.807) is 13.4 Å². The topological polar surface area (TPSA) is 61.6 Å². The highest BCUT2D eigenvalue weighted by Crippen LogP contribution is 2.18. The number of carbonyl (C=O) groups is 1. The monoisotopic (exact) mass is 331 g/mol. The highest BCUT2D eigenvalue weighted by molar-refractivity contribution is 5.81. The van der Waals surface area contributed by atoms with Gasteiger partial charge in [0.05, 0.1) is 6.61 Å². The van der Waals surface area contributed by atoms with Gasteiger partial charge in [-0.3, -0.25) is 0 Å². The van der Waals surface area contributed by atoms with Crippen LogP contribution in [0, 0.1) is 13.8 Å². The molecule has 0 aliphatic heterocycles. The maximum atomic E-state index is 10.5. The summed E-state index contributed by atoms with van der Waals surface area (Å²) in [5, 5.41) is 0. The van der Waals surface area contributed by atoms with Crippen LogP contribution in [0.5, 0.6) is 0 Å². The summed E-state index contributed by atoms with van der Waals surface area (Å²) in [4.78, 5) is 14.7. The fourth-order valence-electron chi connectivity index (χ4n) is 1.88. The van der Waals surface area contributed by atoms with Crippen LogP contribution in [-0.4, -0.2) is 31.3 Å². The maximum absolute atomic E-state index is 10.5. The molecule has 0 aliphatic rings. The molecular formula is C19H25NO4. The van der Waals surface area contributed by atoms with Gasteiger partial charge in [0.25, 0.3) is 0 Å². The molecule has 0 spiro atoms. The Morgan fingerprint density at radius 1 is 1.29 bits per heavy atom. The first kappa shape index (κ1) is 19.6. The van der Waals surface area contributed by atoms with Crippen LogP contribution in [0.15, 0.2) is 47.6 Å². The second kappa shape index (κ2) is 11.2. The number of esters is 1. The van der Waals surface area contributed by atoms with Gasteiger partial charge in [0.2, 0.25) is 0 Å². The number of hydrogen-bond acceptors (Lipinski definition) is 5. The zero-order valence-electron chi connectivity index (χ0n) is 14.6. The summed E-state index contributed by atoms with van der Waals surface area (Å²) in [7, 11) is 1.65. The van der Waals surface area contributed by atoms with Crippen molar-refractivity contribution in [3.8, 4) is 11.3 Å². The summed E-state index contributed by atoms with van der Waals surface area (Å²) in [5.41, 5.74) is 3.25. The molecule has 0 saturated heterocycles. The molecule has 1 aromatic carbocycles. The summed E-state index contributed by atoms with van der Waals surface area (Å²) in [6.07, 6.45) is 4.61. The second-order valence-corrected chi connectivity index (χ2v) is 5.19. The van der Waals surface area contributed by atoms with Gasteiger partial charge in [-0.1, -0.05) is 30.3 Å². The number of oxazole rings is 1. The first-order valence-electron chi connectivity index (χ1n) is 7.84. The Bertz CT molecular complexity index is 634. The number of ether oxygens (including phenoxy) is 2. The molecule has 5 heteroatoms. The molecule has 0 atom stereocenters. The minimum atomic E-state index is -0.359. The van der Waals surface area contributed by atoms with Gasteiger partial charge in [-0.05, 0) is 25.8 Å². The molecule has 130 valence electrons. The van der Waals surface area contributed by atoms with Gasteiger partial charge in [0.15, 0.2) is 5.89 Å². The van der Waals surface area contributed by atoms with Crippen LogP contribution in [0.4, 0.5) is 0 Å². The highest BCUT2D eigenvalue weighted by atomic mass is 16.5. The fourth-order valence-corrected chi connectivity index (χ4v) is 1.88. The van der Waals surface area contributed by atoms with Crippen molar-refractivity contribution in [1.82, 2.24) is 4.98 Å². The summed E-state index contributed by atoms with van der Waals surface area (Å²) < 4.78 is 14.7. The normalized spacial score (nSPS) is 9.79. The number of aryl methyl sites for hydroxylation is 2. The van der Waals surface area contributed by atoms with E-state index in [2.05, 4.69) is 30.6 Å². The number of unbranched alkanes of at least 4 members (excludes halogenated alkanes) is 1.